The molecule has 26 heavy (non-hydrogen) atoms. The van der Waals surface area contributed by atoms with Crippen molar-refractivity contribution in [2.75, 3.05) is 6.54 Å². The molecule has 3 aromatic carbocycles. The smallest absolute Gasteiger partial charge is 0.227 e. The first kappa shape index (κ1) is 17.4. The Hall–Kier alpha value is -3.38. The Morgan fingerprint density at radius 1 is 1.00 bits per heavy atom. The Balaban J connectivity index is 1.74. The highest BCUT2D eigenvalue weighted by Crippen LogP contribution is 2.17. The van der Waals surface area contributed by atoms with Gasteiger partial charge < -0.3 is 4.90 Å². The van der Waals surface area contributed by atoms with Gasteiger partial charge in [-0.25, -0.2) is 0 Å². The van der Waals surface area contributed by atoms with Crippen LogP contribution in [0.5, 0.6) is 0 Å². The fourth-order valence-corrected chi connectivity index (χ4v) is 2.95. The van der Waals surface area contributed by atoms with Gasteiger partial charge in [-0.3, -0.25) is 4.79 Å². The molecule has 1 amide bonds. The third-order valence-corrected chi connectivity index (χ3v) is 4.33. The standard InChI is InChI=1S/C23H20N2O/c1-2-13-25(17-19-9-7-18(16-24)8-10-19)23(26)15-20-11-12-21-5-3-4-6-22(21)14-20/h2-12,14H,1,13,15,17H2. The van der Waals surface area contributed by atoms with E-state index in [0.717, 1.165) is 16.5 Å². The maximum atomic E-state index is 12.8. The van der Waals surface area contributed by atoms with Crippen molar-refractivity contribution in [3.05, 3.63) is 96.1 Å². The molecule has 0 aliphatic rings. The van der Waals surface area contributed by atoms with E-state index in [-0.39, 0.29) is 5.91 Å². The van der Waals surface area contributed by atoms with E-state index in [1.54, 1.807) is 23.1 Å². The molecule has 0 saturated carbocycles. The maximum absolute atomic E-state index is 12.8. The van der Waals surface area contributed by atoms with Gasteiger partial charge in [-0.2, -0.15) is 5.26 Å². The number of hydrogen-bond acceptors (Lipinski definition) is 2. The molecule has 0 aliphatic heterocycles. The Bertz CT molecular complexity index is 967. The number of carbonyl (C=O) groups excluding carboxylic acids is 1. The molecule has 0 radical (unpaired) electrons. The van der Waals surface area contributed by atoms with Crippen LogP contribution in [0.25, 0.3) is 10.8 Å². The molecule has 0 fully saturated rings. The first-order chi connectivity index (χ1) is 12.7. The number of nitriles is 1. The largest absolute Gasteiger partial charge is 0.334 e. The summed E-state index contributed by atoms with van der Waals surface area (Å²) in [6.07, 6.45) is 2.09. The third-order valence-electron chi connectivity index (χ3n) is 4.33. The Kier molecular flexibility index (Phi) is 5.46. The van der Waals surface area contributed by atoms with Crippen molar-refractivity contribution in [2.24, 2.45) is 0 Å². The summed E-state index contributed by atoms with van der Waals surface area (Å²) in [6.45, 7) is 4.76. The number of amides is 1. The first-order valence-corrected chi connectivity index (χ1v) is 8.55. The van der Waals surface area contributed by atoms with Gasteiger partial charge in [-0.15, -0.1) is 6.58 Å². The van der Waals surface area contributed by atoms with Crippen LogP contribution in [0.1, 0.15) is 16.7 Å². The number of nitrogens with zero attached hydrogens (tertiary/aromatic N) is 2. The number of carbonyl (C=O) groups is 1. The molecule has 0 N–H and O–H groups in total. The topological polar surface area (TPSA) is 44.1 Å². The van der Waals surface area contributed by atoms with Crippen molar-refractivity contribution in [1.82, 2.24) is 4.90 Å². The summed E-state index contributed by atoms with van der Waals surface area (Å²) in [5.41, 5.74) is 2.62. The van der Waals surface area contributed by atoms with Gasteiger partial charge in [0.2, 0.25) is 5.91 Å². The zero-order chi connectivity index (χ0) is 18.4. The summed E-state index contributed by atoms with van der Waals surface area (Å²) in [5.74, 6) is 0.0598. The van der Waals surface area contributed by atoms with E-state index in [0.29, 0.717) is 25.1 Å². The molecule has 128 valence electrons. The van der Waals surface area contributed by atoms with Crippen LogP contribution in [0.2, 0.25) is 0 Å². The maximum Gasteiger partial charge on any atom is 0.227 e. The van der Waals surface area contributed by atoms with Gasteiger partial charge in [0.1, 0.15) is 0 Å². The van der Waals surface area contributed by atoms with Gasteiger partial charge in [0.15, 0.2) is 0 Å². The minimum Gasteiger partial charge on any atom is -0.334 e. The second-order valence-corrected chi connectivity index (χ2v) is 6.23. The van der Waals surface area contributed by atoms with Gasteiger partial charge in [0, 0.05) is 13.1 Å². The van der Waals surface area contributed by atoms with Crippen molar-refractivity contribution in [3.63, 3.8) is 0 Å². The van der Waals surface area contributed by atoms with Crippen LogP contribution in [0, 0.1) is 11.3 Å². The highest BCUT2D eigenvalue weighted by Gasteiger charge is 2.14. The van der Waals surface area contributed by atoms with Gasteiger partial charge in [0.05, 0.1) is 18.1 Å². The Labute approximate surface area is 153 Å². The quantitative estimate of drug-likeness (QED) is 0.622. The van der Waals surface area contributed by atoms with Gasteiger partial charge in [0.25, 0.3) is 0 Å². The fraction of sp³-hybridized carbons (Fsp3) is 0.130. The number of fused-ring (bicyclic) bond motifs is 1. The second kappa shape index (κ2) is 8.13. The molecule has 0 saturated heterocycles. The predicted octanol–water partition coefficient (Wildman–Crippen LogP) is 4.47. The average molecular weight is 340 g/mol. The molecular weight excluding hydrogens is 320 g/mol. The zero-order valence-corrected chi connectivity index (χ0v) is 14.6. The lowest BCUT2D eigenvalue weighted by Gasteiger charge is -2.21. The van der Waals surface area contributed by atoms with Gasteiger partial charge in [-0.1, -0.05) is 60.7 Å². The van der Waals surface area contributed by atoms with Gasteiger partial charge >= 0.3 is 0 Å². The third kappa shape index (κ3) is 4.17. The predicted molar refractivity (Wildman–Crippen MR) is 104 cm³/mol. The average Bonchev–Trinajstić information content (AvgIpc) is 2.68. The lowest BCUT2D eigenvalue weighted by atomic mass is 10.0. The fourth-order valence-electron chi connectivity index (χ4n) is 2.95. The van der Waals surface area contributed by atoms with E-state index in [1.807, 2.05) is 30.3 Å². The van der Waals surface area contributed by atoms with Crippen LogP contribution in [0.15, 0.2) is 79.4 Å². The summed E-state index contributed by atoms with van der Waals surface area (Å²) < 4.78 is 0. The van der Waals surface area contributed by atoms with Crippen LogP contribution in [0.4, 0.5) is 0 Å². The molecule has 0 heterocycles. The Morgan fingerprint density at radius 2 is 1.69 bits per heavy atom. The molecular formula is C23H20N2O. The molecule has 0 bridgehead atoms. The molecule has 0 spiro atoms. The van der Waals surface area contributed by atoms with E-state index >= 15 is 0 Å². The summed E-state index contributed by atoms with van der Waals surface area (Å²) in [7, 11) is 0. The number of rotatable bonds is 6. The highest BCUT2D eigenvalue weighted by molar-refractivity contribution is 5.85. The van der Waals surface area contributed by atoms with Crippen molar-refractivity contribution < 1.29 is 4.79 Å². The summed E-state index contributed by atoms with van der Waals surface area (Å²) in [4.78, 5) is 14.6. The van der Waals surface area contributed by atoms with Crippen molar-refractivity contribution in [3.8, 4) is 6.07 Å². The summed E-state index contributed by atoms with van der Waals surface area (Å²) in [6, 6.07) is 23.7. The molecule has 3 aromatic rings. The highest BCUT2D eigenvalue weighted by atomic mass is 16.2. The van der Waals surface area contributed by atoms with Gasteiger partial charge in [-0.05, 0) is 34.0 Å². The van der Waals surface area contributed by atoms with E-state index < -0.39 is 0 Å². The Morgan fingerprint density at radius 3 is 2.38 bits per heavy atom. The molecule has 3 heteroatoms. The molecule has 3 rings (SSSR count). The molecule has 0 aliphatic carbocycles. The zero-order valence-electron chi connectivity index (χ0n) is 14.6. The first-order valence-electron chi connectivity index (χ1n) is 8.55. The number of hydrogen-bond donors (Lipinski definition) is 0. The van der Waals surface area contributed by atoms with Crippen molar-refractivity contribution in [1.29, 1.82) is 5.26 Å². The SMILES string of the molecule is C=CCN(Cc1ccc(C#N)cc1)C(=O)Cc1ccc2ccccc2c1. The summed E-state index contributed by atoms with van der Waals surface area (Å²) >= 11 is 0. The molecule has 3 nitrogen and oxygen atoms in total. The minimum absolute atomic E-state index is 0.0598. The van der Waals surface area contributed by atoms with Crippen LogP contribution >= 0.6 is 0 Å². The van der Waals surface area contributed by atoms with Crippen LogP contribution in [-0.4, -0.2) is 17.4 Å². The minimum atomic E-state index is 0.0598. The lowest BCUT2D eigenvalue weighted by Crippen LogP contribution is -2.32. The monoisotopic (exact) mass is 340 g/mol. The second-order valence-electron chi connectivity index (χ2n) is 6.23. The number of benzene rings is 3. The lowest BCUT2D eigenvalue weighted by molar-refractivity contribution is -0.130. The van der Waals surface area contributed by atoms with Crippen molar-refractivity contribution in [2.45, 2.75) is 13.0 Å². The summed E-state index contributed by atoms with van der Waals surface area (Å²) in [5, 5.41) is 11.2. The van der Waals surface area contributed by atoms with Crippen molar-refractivity contribution >= 4 is 16.7 Å². The van der Waals surface area contributed by atoms with E-state index in [1.165, 1.54) is 5.39 Å². The van der Waals surface area contributed by atoms with E-state index in [2.05, 4.69) is 36.9 Å². The molecule has 0 aromatic heterocycles. The van der Waals surface area contributed by atoms with E-state index in [9.17, 15) is 4.79 Å². The van der Waals surface area contributed by atoms with Crippen LogP contribution < -0.4 is 0 Å². The van der Waals surface area contributed by atoms with Crippen LogP contribution in [-0.2, 0) is 17.8 Å². The normalized spacial score (nSPS) is 10.3. The molecule has 0 atom stereocenters. The van der Waals surface area contributed by atoms with Crippen LogP contribution in [0.3, 0.4) is 0 Å². The molecule has 0 unspecified atom stereocenters. The van der Waals surface area contributed by atoms with E-state index in [4.69, 9.17) is 5.26 Å².